The van der Waals surface area contributed by atoms with Crippen LogP contribution in [0.4, 0.5) is 0 Å². The number of hydrogen-bond acceptors (Lipinski definition) is 4. The molecule has 1 rings (SSSR count). The molecule has 0 aliphatic heterocycles. The predicted molar refractivity (Wildman–Crippen MR) is 46.0 cm³/mol. The van der Waals surface area contributed by atoms with Crippen LogP contribution in [0, 0.1) is 0 Å². The van der Waals surface area contributed by atoms with Gasteiger partial charge in [0, 0.05) is 7.11 Å². The van der Waals surface area contributed by atoms with Gasteiger partial charge in [0.05, 0.1) is 14.2 Å². The summed E-state index contributed by atoms with van der Waals surface area (Å²) in [4.78, 5) is 11.4. The third kappa shape index (κ3) is 1.89. The maximum absolute atomic E-state index is 11.4. The lowest BCUT2D eigenvalue weighted by molar-refractivity contribution is -0.118. The molecule has 0 fully saturated rings. The molecule has 0 unspecified atom stereocenters. The van der Waals surface area contributed by atoms with Gasteiger partial charge in [0.25, 0.3) is 5.78 Å². The number of rotatable bonds is 3. The number of ether oxygens (including phenoxy) is 3. The van der Waals surface area contributed by atoms with Crippen molar-refractivity contribution in [2.75, 3.05) is 21.3 Å². The maximum atomic E-state index is 11.4. The van der Waals surface area contributed by atoms with Crippen LogP contribution in [0.15, 0.2) is 23.7 Å². The van der Waals surface area contributed by atoms with Gasteiger partial charge in [0.1, 0.15) is 6.10 Å². The smallest absolute Gasteiger partial charge is 0.261 e. The Balaban J connectivity index is 2.90. The van der Waals surface area contributed by atoms with Gasteiger partial charge in [0.2, 0.25) is 0 Å². The molecule has 4 nitrogen and oxygen atoms in total. The Labute approximate surface area is 76.8 Å². The normalized spacial score (nSPS) is 17.9. The number of hydrogen-bond donors (Lipinski definition) is 0. The zero-order valence-corrected chi connectivity index (χ0v) is 7.87. The molecule has 0 saturated heterocycles. The maximum Gasteiger partial charge on any atom is 0.261 e. The Hall–Kier alpha value is -1.29. The molecule has 0 amide bonds. The summed E-state index contributed by atoms with van der Waals surface area (Å²) in [6, 6.07) is 0. The average Bonchev–Trinajstić information content (AvgIpc) is 2.18. The molecular weight excluding hydrogens is 172 g/mol. The van der Waals surface area contributed by atoms with E-state index in [1.165, 1.54) is 14.2 Å². The highest BCUT2D eigenvalue weighted by Gasteiger charge is 2.24. The zero-order chi connectivity index (χ0) is 9.84. The Morgan fingerprint density at radius 1 is 1.08 bits per heavy atom. The molecule has 0 N–H and O–H groups in total. The molecule has 0 aromatic heterocycles. The Kier molecular flexibility index (Phi) is 3.08. The molecule has 0 bridgehead atoms. The van der Waals surface area contributed by atoms with Gasteiger partial charge in [-0.15, -0.1) is 0 Å². The van der Waals surface area contributed by atoms with Crippen LogP contribution < -0.4 is 0 Å². The third-order valence-electron chi connectivity index (χ3n) is 1.79. The predicted octanol–water partition coefficient (Wildman–Crippen LogP) is 0.645. The summed E-state index contributed by atoms with van der Waals surface area (Å²) in [6.45, 7) is 0. The summed E-state index contributed by atoms with van der Waals surface area (Å²) >= 11 is 0. The monoisotopic (exact) mass is 184 g/mol. The minimum Gasteiger partial charge on any atom is -0.493 e. The number of ketones is 1. The first-order chi connectivity index (χ1) is 6.22. The van der Waals surface area contributed by atoms with E-state index < -0.39 is 0 Å². The molecule has 0 atom stereocenters. The van der Waals surface area contributed by atoms with Gasteiger partial charge in [-0.05, 0) is 12.2 Å². The van der Waals surface area contributed by atoms with Crippen molar-refractivity contribution in [2.24, 2.45) is 0 Å². The quantitative estimate of drug-likeness (QED) is 0.645. The van der Waals surface area contributed by atoms with Crippen molar-refractivity contribution in [1.82, 2.24) is 0 Å². The van der Waals surface area contributed by atoms with E-state index in [0.29, 0.717) is 0 Å². The van der Waals surface area contributed by atoms with Crippen molar-refractivity contribution in [2.45, 2.75) is 6.10 Å². The van der Waals surface area contributed by atoms with Crippen molar-refractivity contribution in [3.63, 3.8) is 0 Å². The first kappa shape index (κ1) is 9.80. The fraction of sp³-hybridized carbons (Fsp3) is 0.444. The van der Waals surface area contributed by atoms with Crippen molar-refractivity contribution in [3.8, 4) is 0 Å². The first-order valence-corrected chi connectivity index (χ1v) is 3.82. The van der Waals surface area contributed by atoms with Crippen LogP contribution >= 0.6 is 0 Å². The largest absolute Gasteiger partial charge is 0.493 e. The number of methoxy groups -OCH3 is 3. The molecular formula is C9H12O4. The second kappa shape index (κ2) is 4.09. The van der Waals surface area contributed by atoms with Gasteiger partial charge >= 0.3 is 0 Å². The topological polar surface area (TPSA) is 44.8 Å². The zero-order valence-electron chi connectivity index (χ0n) is 7.87. The van der Waals surface area contributed by atoms with Crippen molar-refractivity contribution in [1.29, 1.82) is 0 Å². The molecule has 0 radical (unpaired) electrons. The fourth-order valence-electron chi connectivity index (χ4n) is 1.08. The SMILES string of the molecule is COC1=CC(OC)C=C(OC)C1=O. The number of carbonyl (C=O) groups excluding carboxylic acids is 1. The van der Waals surface area contributed by atoms with Gasteiger partial charge in [-0.25, -0.2) is 0 Å². The van der Waals surface area contributed by atoms with Gasteiger partial charge in [-0.3, -0.25) is 4.79 Å². The molecule has 4 heteroatoms. The Morgan fingerprint density at radius 3 is 1.85 bits per heavy atom. The van der Waals surface area contributed by atoms with Crippen molar-refractivity contribution >= 4 is 5.78 Å². The van der Waals surface area contributed by atoms with E-state index in [0.717, 1.165) is 0 Å². The lowest BCUT2D eigenvalue weighted by Gasteiger charge is -2.16. The molecule has 1 aliphatic carbocycles. The average molecular weight is 184 g/mol. The summed E-state index contributed by atoms with van der Waals surface area (Å²) < 4.78 is 14.8. The van der Waals surface area contributed by atoms with E-state index in [-0.39, 0.29) is 23.4 Å². The van der Waals surface area contributed by atoms with E-state index in [4.69, 9.17) is 14.2 Å². The molecule has 72 valence electrons. The van der Waals surface area contributed by atoms with Crippen LogP contribution in [-0.4, -0.2) is 33.2 Å². The van der Waals surface area contributed by atoms with E-state index in [9.17, 15) is 4.79 Å². The van der Waals surface area contributed by atoms with Crippen LogP contribution in [-0.2, 0) is 19.0 Å². The fourth-order valence-corrected chi connectivity index (χ4v) is 1.08. The van der Waals surface area contributed by atoms with Gasteiger partial charge in [-0.2, -0.15) is 0 Å². The highest BCUT2D eigenvalue weighted by atomic mass is 16.5. The van der Waals surface area contributed by atoms with Gasteiger partial charge in [0.15, 0.2) is 11.5 Å². The summed E-state index contributed by atoms with van der Waals surface area (Å²) in [5.41, 5.74) is 0. The molecule has 0 aromatic rings. The summed E-state index contributed by atoms with van der Waals surface area (Å²) in [7, 11) is 4.43. The highest BCUT2D eigenvalue weighted by molar-refractivity contribution is 6.06. The molecule has 0 aromatic carbocycles. The van der Waals surface area contributed by atoms with Gasteiger partial charge in [-0.1, -0.05) is 0 Å². The van der Waals surface area contributed by atoms with Crippen LogP contribution in [0.2, 0.25) is 0 Å². The molecule has 13 heavy (non-hydrogen) atoms. The third-order valence-corrected chi connectivity index (χ3v) is 1.79. The second-order valence-electron chi connectivity index (χ2n) is 2.50. The van der Waals surface area contributed by atoms with Crippen LogP contribution in [0.1, 0.15) is 0 Å². The minimum atomic E-state index is -0.261. The van der Waals surface area contributed by atoms with E-state index in [1.807, 2.05) is 0 Å². The number of Topliss-reactive ketones (excluding diaryl/α,β-unsaturated/α-hetero) is 1. The summed E-state index contributed by atoms with van der Waals surface area (Å²) in [5.74, 6) is 0.260. The summed E-state index contributed by atoms with van der Waals surface area (Å²) in [5, 5.41) is 0. The second-order valence-corrected chi connectivity index (χ2v) is 2.50. The highest BCUT2D eigenvalue weighted by Crippen LogP contribution is 2.17. The Bertz CT molecular complexity index is 241. The minimum absolute atomic E-state index is 0.252. The number of carbonyl (C=O) groups is 1. The van der Waals surface area contributed by atoms with Gasteiger partial charge < -0.3 is 14.2 Å². The first-order valence-electron chi connectivity index (χ1n) is 3.82. The lowest BCUT2D eigenvalue weighted by Crippen LogP contribution is -2.20. The van der Waals surface area contributed by atoms with Crippen LogP contribution in [0.5, 0.6) is 0 Å². The van der Waals surface area contributed by atoms with Crippen molar-refractivity contribution < 1.29 is 19.0 Å². The van der Waals surface area contributed by atoms with Crippen LogP contribution in [0.25, 0.3) is 0 Å². The van der Waals surface area contributed by atoms with E-state index in [1.54, 1.807) is 19.3 Å². The van der Waals surface area contributed by atoms with E-state index in [2.05, 4.69) is 0 Å². The van der Waals surface area contributed by atoms with Crippen LogP contribution in [0.3, 0.4) is 0 Å². The molecule has 1 aliphatic rings. The van der Waals surface area contributed by atoms with Crippen molar-refractivity contribution in [3.05, 3.63) is 23.7 Å². The van der Waals surface area contributed by atoms with E-state index >= 15 is 0 Å². The molecule has 0 saturated carbocycles. The molecule has 0 spiro atoms. The summed E-state index contributed by atoms with van der Waals surface area (Å²) in [6.07, 6.45) is 2.94. The molecule has 0 heterocycles. The lowest BCUT2D eigenvalue weighted by atomic mass is 10.1. The standard InChI is InChI=1S/C9H12O4/c1-11-6-4-7(12-2)9(10)8(5-6)13-3/h4-6H,1-3H3. The Morgan fingerprint density at radius 2 is 1.54 bits per heavy atom.